The van der Waals surface area contributed by atoms with E-state index in [9.17, 15) is 15.3 Å². The van der Waals surface area contributed by atoms with Crippen LogP contribution in [0.5, 0.6) is 0 Å². The highest BCUT2D eigenvalue weighted by Gasteiger charge is 2.45. The fourth-order valence-corrected chi connectivity index (χ4v) is 1.61. The van der Waals surface area contributed by atoms with Crippen molar-refractivity contribution in [3.8, 4) is 0 Å². The second kappa shape index (κ2) is 4.39. The molecule has 1 aliphatic heterocycles. The van der Waals surface area contributed by atoms with Crippen LogP contribution in [0.2, 0.25) is 0 Å². The van der Waals surface area contributed by atoms with Gasteiger partial charge < -0.3 is 25.2 Å². The lowest BCUT2D eigenvalue weighted by Gasteiger charge is -2.38. The Morgan fingerprint density at radius 2 is 1.94 bits per heavy atom. The van der Waals surface area contributed by atoms with E-state index < -0.39 is 37.1 Å². The van der Waals surface area contributed by atoms with Gasteiger partial charge in [-0.25, -0.2) is 0 Å². The number of aromatic amines is 1. The van der Waals surface area contributed by atoms with Crippen LogP contribution in [-0.4, -0.2) is 72.1 Å². The number of ether oxygens (including phenoxy) is 1. The standard InChI is InChI=1S/C7H12N4O5/c12-1-2-3(13)4(14)5(15)6(16-2)7-8-10-11-9-7/h2-6,12-15H,1H2,(H,8,9,10,11)/t2-,3-,4+,5+,6?/m1/s1. The number of aliphatic hydroxyl groups is 4. The van der Waals surface area contributed by atoms with Crippen LogP contribution in [0, 0.1) is 0 Å². The van der Waals surface area contributed by atoms with E-state index in [1.165, 1.54) is 0 Å². The molecule has 9 nitrogen and oxygen atoms in total. The first-order chi connectivity index (χ1) is 7.65. The van der Waals surface area contributed by atoms with E-state index in [0.29, 0.717) is 0 Å². The van der Waals surface area contributed by atoms with Gasteiger partial charge in [0.15, 0.2) is 0 Å². The number of nitrogens with one attached hydrogen (secondary N) is 1. The molecule has 0 aromatic carbocycles. The molecule has 0 saturated carbocycles. The van der Waals surface area contributed by atoms with Gasteiger partial charge in [0, 0.05) is 0 Å². The predicted octanol–water partition coefficient (Wildman–Crippen LogP) is -3.29. The summed E-state index contributed by atoms with van der Waals surface area (Å²) in [5, 5.41) is 50.3. The van der Waals surface area contributed by atoms with Gasteiger partial charge in [-0.1, -0.05) is 5.21 Å². The second-order valence-corrected chi connectivity index (χ2v) is 3.52. The summed E-state index contributed by atoms with van der Waals surface area (Å²) in [6.45, 7) is -0.487. The number of nitrogens with zero attached hydrogens (tertiary/aromatic N) is 3. The number of aromatic nitrogens is 4. The van der Waals surface area contributed by atoms with Gasteiger partial charge >= 0.3 is 0 Å². The van der Waals surface area contributed by atoms with Crippen LogP contribution in [0.15, 0.2) is 0 Å². The average molecular weight is 232 g/mol. The summed E-state index contributed by atoms with van der Waals surface area (Å²) in [4.78, 5) is 0. The molecule has 1 saturated heterocycles. The maximum Gasteiger partial charge on any atom is 0.206 e. The van der Waals surface area contributed by atoms with Gasteiger partial charge in [0.2, 0.25) is 5.82 Å². The van der Waals surface area contributed by atoms with E-state index in [1.54, 1.807) is 0 Å². The lowest BCUT2D eigenvalue weighted by molar-refractivity contribution is -0.233. The van der Waals surface area contributed by atoms with Gasteiger partial charge in [0.25, 0.3) is 0 Å². The third-order valence-corrected chi connectivity index (χ3v) is 2.51. The summed E-state index contributed by atoms with van der Waals surface area (Å²) in [7, 11) is 0. The van der Waals surface area contributed by atoms with E-state index in [4.69, 9.17) is 9.84 Å². The Balaban J connectivity index is 2.20. The molecule has 1 aromatic heterocycles. The van der Waals surface area contributed by atoms with Crippen molar-refractivity contribution in [2.75, 3.05) is 6.61 Å². The molecular weight excluding hydrogens is 220 g/mol. The number of H-pyrrole nitrogens is 1. The van der Waals surface area contributed by atoms with Crippen LogP contribution in [0.3, 0.4) is 0 Å². The van der Waals surface area contributed by atoms with Crippen molar-refractivity contribution in [3.05, 3.63) is 5.82 Å². The molecule has 5 N–H and O–H groups in total. The monoisotopic (exact) mass is 232 g/mol. The first-order valence-electron chi connectivity index (χ1n) is 4.69. The maximum atomic E-state index is 9.65. The Morgan fingerprint density at radius 1 is 1.19 bits per heavy atom. The summed E-state index contributed by atoms with van der Waals surface area (Å²) in [6, 6.07) is 0. The van der Waals surface area contributed by atoms with E-state index in [1.807, 2.05) is 0 Å². The first kappa shape index (κ1) is 11.4. The van der Waals surface area contributed by atoms with Gasteiger partial charge in [-0.3, -0.25) is 0 Å². The highest BCUT2D eigenvalue weighted by Crippen LogP contribution is 2.29. The van der Waals surface area contributed by atoms with Crippen molar-refractivity contribution in [2.45, 2.75) is 30.5 Å². The average Bonchev–Trinajstić information content (AvgIpc) is 2.80. The number of hydrogen-bond acceptors (Lipinski definition) is 8. The Labute approximate surface area is 89.7 Å². The predicted molar refractivity (Wildman–Crippen MR) is 46.9 cm³/mol. The number of tetrazole rings is 1. The van der Waals surface area contributed by atoms with Crippen LogP contribution in [-0.2, 0) is 4.74 Å². The van der Waals surface area contributed by atoms with Crippen molar-refractivity contribution in [1.82, 2.24) is 20.6 Å². The number of rotatable bonds is 2. The summed E-state index contributed by atoms with van der Waals surface area (Å²) in [5.41, 5.74) is 0. The molecule has 5 atom stereocenters. The van der Waals surface area contributed by atoms with Crippen molar-refractivity contribution in [3.63, 3.8) is 0 Å². The minimum atomic E-state index is -1.44. The summed E-state index contributed by atoms with van der Waals surface area (Å²) >= 11 is 0. The first-order valence-corrected chi connectivity index (χ1v) is 4.69. The quantitative estimate of drug-likeness (QED) is 0.357. The van der Waals surface area contributed by atoms with Crippen LogP contribution >= 0.6 is 0 Å². The smallest absolute Gasteiger partial charge is 0.206 e. The summed E-state index contributed by atoms with van der Waals surface area (Å²) in [5.74, 6) is 0.0527. The molecule has 1 aromatic rings. The third-order valence-electron chi connectivity index (χ3n) is 2.51. The molecule has 16 heavy (non-hydrogen) atoms. The lowest BCUT2D eigenvalue weighted by Crippen LogP contribution is -2.55. The van der Waals surface area contributed by atoms with Crippen molar-refractivity contribution < 1.29 is 25.2 Å². The maximum absolute atomic E-state index is 9.65. The Kier molecular flexibility index (Phi) is 3.12. The Morgan fingerprint density at radius 3 is 2.50 bits per heavy atom. The van der Waals surface area contributed by atoms with Crippen molar-refractivity contribution in [1.29, 1.82) is 0 Å². The van der Waals surface area contributed by atoms with Gasteiger partial charge in [-0.15, -0.1) is 10.2 Å². The molecule has 1 unspecified atom stereocenters. The highest BCUT2D eigenvalue weighted by atomic mass is 16.5. The van der Waals surface area contributed by atoms with Crippen LogP contribution in [0.4, 0.5) is 0 Å². The molecule has 1 aliphatic rings. The van der Waals surface area contributed by atoms with E-state index in [-0.39, 0.29) is 5.82 Å². The number of aliphatic hydroxyl groups excluding tert-OH is 4. The molecular formula is C7H12N4O5. The van der Waals surface area contributed by atoms with Crippen molar-refractivity contribution in [2.24, 2.45) is 0 Å². The molecule has 0 spiro atoms. The van der Waals surface area contributed by atoms with Gasteiger partial charge in [0.05, 0.1) is 6.61 Å². The fraction of sp³-hybridized carbons (Fsp3) is 0.857. The molecule has 90 valence electrons. The second-order valence-electron chi connectivity index (χ2n) is 3.52. The van der Waals surface area contributed by atoms with E-state index >= 15 is 0 Å². The molecule has 9 heteroatoms. The van der Waals surface area contributed by atoms with E-state index in [2.05, 4.69) is 20.6 Å². The molecule has 0 bridgehead atoms. The van der Waals surface area contributed by atoms with Gasteiger partial charge in [-0.05, 0) is 0 Å². The lowest BCUT2D eigenvalue weighted by atomic mass is 9.95. The van der Waals surface area contributed by atoms with Gasteiger partial charge in [-0.2, -0.15) is 5.21 Å². The summed E-state index contributed by atoms with van der Waals surface area (Å²) in [6.07, 6.45) is -6.20. The van der Waals surface area contributed by atoms with Crippen LogP contribution in [0.25, 0.3) is 0 Å². The number of hydrogen-bond donors (Lipinski definition) is 5. The Hall–Kier alpha value is -1.13. The highest BCUT2D eigenvalue weighted by molar-refractivity contribution is 4.99. The van der Waals surface area contributed by atoms with Crippen LogP contribution in [0.1, 0.15) is 11.9 Å². The minimum absolute atomic E-state index is 0.0527. The Bertz CT molecular complexity index is 332. The fourth-order valence-electron chi connectivity index (χ4n) is 1.61. The zero-order valence-electron chi connectivity index (χ0n) is 8.13. The molecule has 1 fully saturated rings. The zero-order valence-corrected chi connectivity index (χ0v) is 8.13. The normalized spacial score (nSPS) is 39.9. The van der Waals surface area contributed by atoms with E-state index in [0.717, 1.165) is 0 Å². The molecule has 0 amide bonds. The molecule has 2 heterocycles. The summed E-state index contributed by atoms with van der Waals surface area (Å²) < 4.78 is 5.18. The molecule has 0 radical (unpaired) electrons. The van der Waals surface area contributed by atoms with Crippen molar-refractivity contribution >= 4 is 0 Å². The van der Waals surface area contributed by atoms with Gasteiger partial charge in [0.1, 0.15) is 30.5 Å². The zero-order chi connectivity index (χ0) is 11.7. The largest absolute Gasteiger partial charge is 0.394 e. The third kappa shape index (κ3) is 1.79. The van der Waals surface area contributed by atoms with Crippen LogP contribution < -0.4 is 0 Å². The minimum Gasteiger partial charge on any atom is -0.394 e. The SMILES string of the molecule is OC[C@H]1OC(c2nn[nH]n2)[C@@H](O)[C@@H](O)[C@@H]1O. The molecule has 2 rings (SSSR count). The topological polar surface area (TPSA) is 145 Å². The molecule has 0 aliphatic carbocycles.